The average Bonchev–Trinajstić information content (AvgIpc) is 2.82. The summed E-state index contributed by atoms with van der Waals surface area (Å²) in [6, 6.07) is 5.30. The number of carboxylic acids is 2. The van der Waals surface area contributed by atoms with Gasteiger partial charge in [0.2, 0.25) is 17.7 Å². The van der Waals surface area contributed by atoms with E-state index in [4.69, 9.17) is 27.4 Å². The first-order chi connectivity index (χ1) is 17.0. The summed E-state index contributed by atoms with van der Waals surface area (Å²) >= 11 is 0. The van der Waals surface area contributed by atoms with Crippen LogP contribution in [0.1, 0.15) is 31.2 Å². The molecule has 0 aliphatic heterocycles. The summed E-state index contributed by atoms with van der Waals surface area (Å²) in [7, 11) is 0. The minimum absolute atomic E-state index is 0.0571. The van der Waals surface area contributed by atoms with Crippen molar-refractivity contribution in [3.05, 3.63) is 35.9 Å². The Morgan fingerprint density at radius 2 is 1.50 bits per heavy atom. The Balaban J connectivity index is 3.01. The van der Waals surface area contributed by atoms with Crippen LogP contribution in [0.3, 0.4) is 0 Å². The second-order valence-corrected chi connectivity index (χ2v) is 7.91. The SMILES string of the molecule is NC(N)=NCCCC(NC(=O)C(Cc1ccccc1)NC(=O)C(N)CCC(=O)O)C(=O)NCC(=O)O. The summed E-state index contributed by atoms with van der Waals surface area (Å²) in [6.07, 6.45) is -0.0314. The molecule has 0 aromatic heterocycles. The number of hydrogen-bond acceptors (Lipinski definition) is 7. The molecule has 14 heteroatoms. The van der Waals surface area contributed by atoms with E-state index < -0.39 is 54.3 Å². The molecule has 36 heavy (non-hydrogen) atoms. The standard InChI is InChI=1S/C22H33N7O7/c23-14(8-9-17(30)31)19(34)29-16(11-13-5-2-1-3-6-13)21(36)28-15(7-4-10-26-22(24)25)20(35)27-12-18(32)33/h1-3,5-6,14-16H,4,7-12,23H2,(H,27,35)(H,28,36)(H,29,34)(H,30,31)(H,32,33)(H4,24,25,26). The highest BCUT2D eigenvalue weighted by Gasteiger charge is 2.28. The largest absolute Gasteiger partial charge is 0.481 e. The molecule has 0 aliphatic rings. The van der Waals surface area contributed by atoms with Crippen LogP contribution in [0.5, 0.6) is 0 Å². The number of aliphatic carboxylic acids is 2. The van der Waals surface area contributed by atoms with Crippen LogP contribution in [0.2, 0.25) is 0 Å². The van der Waals surface area contributed by atoms with E-state index in [1.807, 2.05) is 0 Å². The fraction of sp³-hybridized carbons (Fsp3) is 0.455. The predicted octanol–water partition coefficient (Wildman–Crippen LogP) is -2.35. The van der Waals surface area contributed by atoms with Gasteiger partial charge in [-0.3, -0.25) is 29.0 Å². The number of amides is 3. The molecule has 0 heterocycles. The first-order valence-corrected chi connectivity index (χ1v) is 11.2. The van der Waals surface area contributed by atoms with Gasteiger partial charge in [-0.25, -0.2) is 0 Å². The number of carbonyl (C=O) groups is 5. The number of nitrogens with one attached hydrogen (secondary N) is 3. The van der Waals surface area contributed by atoms with Crippen LogP contribution in [0, 0.1) is 0 Å². The first kappa shape index (κ1) is 29.8. The van der Waals surface area contributed by atoms with Crippen LogP contribution in [-0.2, 0) is 30.4 Å². The van der Waals surface area contributed by atoms with E-state index >= 15 is 0 Å². The van der Waals surface area contributed by atoms with Crippen molar-refractivity contribution < 1.29 is 34.2 Å². The number of benzene rings is 1. The van der Waals surface area contributed by atoms with Crippen LogP contribution in [0.25, 0.3) is 0 Å². The zero-order valence-electron chi connectivity index (χ0n) is 19.7. The maximum Gasteiger partial charge on any atom is 0.322 e. The highest BCUT2D eigenvalue weighted by Crippen LogP contribution is 2.07. The zero-order chi connectivity index (χ0) is 27.1. The number of hydrogen-bond donors (Lipinski definition) is 8. The minimum Gasteiger partial charge on any atom is -0.481 e. The molecule has 0 spiro atoms. The molecule has 198 valence electrons. The Kier molecular flexibility index (Phi) is 13.0. The van der Waals surface area contributed by atoms with E-state index in [1.165, 1.54) is 0 Å². The van der Waals surface area contributed by atoms with Crippen molar-refractivity contribution in [3.8, 4) is 0 Å². The van der Waals surface area contributed by atoms with Gasteiger partial charge >= 0.3 is 11.9 Å². The summed E-state index contributed by atoms with van der Waals surface area (Å²) in [6.45, 7) is -0.481. The molecule has 14 nitrogen and oxygen atoms in total. The van der Waals surface area contributed by atoms with Crippen molar-refractivity contribution in [1.29, 1.82) is 0 Å². The lowest BCUT2D eigenvalue weighted by Crippen LogP contribution is -2.56. The van der Waals surface area contributed by atoms with E-state index in [0.717, 1.165) is 0 Å². The van der Waals surface area contributed by atoms with Crippen LogP contribution in [0.15, 0.2) is 35.3 Å². The zero-order valence-corrected chi connectivity index (χ0v) is 19.7. The second kappa shape index (κ2) is 15.7. The quantitative estimate of drug-likeness (QED) is 0.0671. The van der Waals surface area contributed by atoms with Crippen LogP contribution >= 0.6 is 0 Å². The van der Waals surface area contributed by atoms with Crippen molar-refractivity contribution >= 4 is 35.6 Å². The molecule has 3 atom stereocenters. The third kappa shape index (κ3) is 12.3. The first-order valence-electron chi connectivity index (χ1n) is 11.2. The van der Waals surface area contributed by atoms with E-state index in [2.05, 4.69) is 20.9 Å². The Labute approximate surface area is 207 Å². The number of carbonyl (C=O) groups excluding carboxylic acids is 3. The molecule has 0 radical (unpaired) electrons. The van der Waals surface area contributed by atoms with Gasteiger partial charge in [-0.2, -0.15) is 0 Å². The number of guanidine groups is 1. The van der Waals surface area contributed by atoms with Gasteiger partial charge < -0.3 is 43.4 Å². The molecule has 3 amide bonds. The maximum absolute atomic E-state index is 13.1. The highest BCUT2D eigenvalue weighted by atomic mass is 16.4. The smallest absolute Gasteiger partial charge is 0.322 e. The van der Waals surface area contributed by atoms with E-state index in [0.29, 0.717) is 12.0 Å². The van der Waals surface area contributed by atoms with Crippen LogP contribution in [0.4, 0.5) is 0 Å². The topological polar surface area (TPSA) is 252 Å². The molecule has 1 aromatic rings. The Hall–Kier alpha value is -4.20. The molecular formula is C22H33N7O7. The number of aliphatic imine (C=N–C) groups is 1. The lowest BCUT2D eigenvalue weighted by molar-refractivity contribution is -0.139. The van der Waals surface area contributed by atoms with Gasteiger partial charge in [0.1, 0.15) is 18.6 Å². The number of rotatable bonds is 16. The highest BCUT2D eigenvalue weighted by molar-refractivity contribution is 5.94. The third-order valence-corrected chi connectivity index (χ3v) is 4.91. The average molecular weight is 508 g/mol. The molecule has 3 unspecified atom stereocenters. The van der Waals surface area contributed by atoms with Gasteiger partial charge in [0.15, 0.2) is 5.96 Å². The summed E-state index contributed by atoms with van der Waals surface area (Å²) in [4.78, 5) is 63.6. The molecule has 0 saturated carbocycles. The van der Waals surface area contributed by atoms with E-state index in [-0.39, 0.29) is 38.2 Å². The summed E-state index contributed by atoms with van der Waals surface area (Å²) < 4.78 is 0. The van der Waals surface area contributed by atoms with Crippen LogP contribution in [-0.4, -0.2) is 77.0 Å². The lowest BCUT2D eigenvalue weighted by atomic mass is 10.0. The van der Waals surface area contributed by atoms with Gasteiger partial charge in [-0.15, -0.1) is 0 Å². The van der Waals surface area contributed by atoms with E-state index in [9.17, 15) is 24.0 Å². The van der Waals surface area contributed by atoms with Gasteiger partial charge in [0, 0.05) is 19.4 Å². The predicted molar refractivity (Wildman–Crippen MR) is 129 cm³/mol. The van der Waals surface area contributed by atoms with Crippen molar-refractivity contribution in [3.63, 3.8) is 0 Å². The molecule has 0 fully saturated rings. The summed E-state index contributed by atoms with van der Waals surface area (Å²) in [5.74, 6) is -4.71. The van der Waals surface area contributed by atoms with Gasteiger partial charge in [-0.05, 0) is 24.8 Å². The maximum atomic E-state index is 13.1. The van der Waals surface area contributed by atoms with Crippen LogP contribution < -0.4 is 33.2 Å². The molecule has 0 bridgehead atoms. The molecule has 1 rings (SSSR count). The number of nitrogens with two attached hydrogens (primary N) is 3. The Morgan fingerprint density at radius 3 is 2.08 bits per heavy atom. The Bertz CT molecular complexity index is 936. The van der Waals surface area contributed by atoms with Crippen molar-refractivity contribution in [2.75, 3.05) is 13.1 Å². The monoisotopic (exact) mass is 507 g/mol. The normalized spacial score (nSPS) is 12.9. The van der Waals surface area contributed by atoms with Gasteiger partial charge in [0.25, 0.3) is 0 Å². The number of nitrogens with zero attached hydrogens (tertiary/aromatic N) is 1. The fourth-order valence-corrected chi connectivity index (χ4v) is 3.08. The van der Waals surface area contributed by atoms with Gasteiger partial charge in [0.05, 0.1) is 6.04 Å². The molecule has 11 N–H and O–H groups in total. The summed E-state index contributed by atoms with van der Waals surface area (Å²) in [5.41, 5.74) is 17.0. The van der Waals surface area contributed by atoms with E-state index in [1.54, 1.807) is 30.3 Å². The summed E-state index contributed by atoms with van der Waals surface area (Å²) in [5, 5.41) is 24.9. The minimum atomic E-state index is -1.27. The molecule has 0 saturated heterocycles. The second-order valence-electron chi connectivity index (χ2n) is 7.91. The molecular weight excluding hydrogens is 474 g/mol. The van der Waals surface area contributed by atoms with Crippen molar-refractivity contribution in [2.45, 2.75) is 50.2 Å². The fourth-order valence-electron chi connectivity index (χ4n) is 3.08. The molecule has 1 aromatic carbocycles. The third-order valence-electron chi connectivity index (χ3n) is 4.91. The number of carboxylic acid groups (broad SMARTS) is 2. The lowest BCUT2D eigenvalue weighted by Gasteiger charge is -2.24. The van der Waals surface area contributed by atoms with Crippen molar-refractivity contribution in [1.82, 2.24) is 16.0 Å². The Morgan fingerprint density at radius 1 is 0.861 bits per heavy atom. The molecule has 0 aliphatic carbocycles. The van der Waals surface area contributed by atoms with Crippen molar-refractivity contribution in [2.24, 2.45) is 22.2 Å². The van der Waals surface area contributed by atoms with Gasteiger partial charge in [-0.1, -0.05) is 30.3 Å².